The lowest BCUT2D eigenvalue weighted by atomic mass is 9.73. The van der Waals surface area contributed by atoms with Gasteiger partial charge in [-0.25, -0.2) is 0 Å². The lowest BCUT2D eigenvalue weighted by Gasteiger charge is -2.28. The fourth-order valence-electron chi connectivity index (χ4n) is 3.46. The molecule has 3 heteroatoms. The highest BCUT2D eigenvalue weighted by atomic mass is 16.2. The zero-order valence-electron chi connectivity index (χ0n) is 13.5. The average Bonchev–Trinajstić information content (AvgIpc) is 2.64. The molecule has 0 amide bonds. The van der Waals surface area contributed by atoms with E-state index in [0.29, 0.717) is 18.4 Å². The topological polar surface area (TPSA) is 51.2 Å². The molecule has 1 aliphatic carbocycles. The summed E-state index contributed by atoms with van der Waals surface area (Å²) in [5.41, 5.74) is 1.14. The minimum Gasteiger partial charge on any atom is -0.299 e. The van der Waals surface area contributed by atoms with Crippen molar-refractivity contribution in [2.75, 3.05) is 0 Å². The van der Waals surface area contributed by atoms with E-state index < -0.39 is 17.5 Å². The molecule has 122 valence electrons. The number of rotatable bonds is 5. The summed E-state index contributed by atoms with van der Waals surface area (Å²) in [4.78, 5) is 38.0. The SMILES string of the molecule is O=C(C(=O)C(c1ccccc1)C1CCCCC1=O)c1ccccc1. The number of Topliss-reactive ketones (excluding diaryl/α,β-unsaturated/α-hetero) is 3. The molecule has 0 spiro atoms. The van der Waals surface area contributed by atoms with Crippen molar-refractivity contribution in [1.82, 2.24) is 0 Å². The summed E-state index contributed by atoms with van der Waals surface area (Å²) in [5.74, 6) is -1.95. The van der Waals surface area contributed by atoms with Crippen molar-refractivity contribution < 1.29 is 14.4 Å². The van der Waals surface area contributed by atoms with Crippen LogP contribution < -0.4 is 0 Å². The van der Waals surface area contributed by atoms with Crippen LogP contribution in [0.3, 0.4) is 0 Å². The molecule has 2 aromatic carbocycles. The molecule has 2 atom stereocenters. The Morgan fingerprint density at radius 2 is 1.50 bits per heavy atom. The van der Waals surface area contributed by atoms with Gasteiger partial charge < -0.3 is 0 Å². The Morgan fingerprint density at radius 1 is 0.875 bits per heavy atom. The molecule has 0 aliphatic heterocycles. The van der Waals surface area contributed by atoms with E-state index in [0.717, 1.165) is 18.4 Å². The molecule has 0 N–H and O–H groups in total. The van der Waals surface area contributed by atoms with Crippen LogP contribution in [0, 0.1) is 5.92 Å². The molecule has 1 aliphatic rings. The van der Waals surface area contributed by atoms with Gasteiger partial charge in [0.15, 0.2) is 0 Å². The predicted molar refractivity (Wildman–Crippen MR) is 91.9 cm³/mol. The minimum atomic E-state index is -0.674. The molecular weight excluding hydrogens is 300 g/mol. The largest absolute Gasteiger partial charge is 0.299 e. The summed E-state index contributed by atoms with van der Waals surface area (Å²) in [5, 5.41) is 0. The zero-order valence-corrected chi connectivity index (χ0v) is 13.5. The van der Waals surface area contributed by atoms with E-state index >= 15 is 0 Å². The molecule has 24 heavy (non-hydrogen) atoms. The number of carbonyl (C=O) groups excluding carboxylic acids is 3. The molecule has 0 heterocycles. The predicted octanol–water partition coefficient (Wildman–Crippen LogP) is 3.98. The Kier molecular flexibility index (Phi) is 4.99. The molecular formula is C21H20O3. The van der Waals surface area contributed by atoms with Crippen molar-refractivity contribution in [3.05, 3.63) is 71.8 Å². The second-order valence-electron chi connectivity index (χ2n) is 6.27. The Hall–Kier alpha value is -2.55. The lowest BCUT2D eigenvalue weighted by molar-refractivity contribution is -0.129. The van der Waals surface area contributed by atoms with E-state index in [-0.39, 0.29) is 11.7 Å². The van der Waals surface area contributed by atoms with E-state index in [1.165, 1.54) is 0 Å². The van der Waals surface area contributed by atoms with Crippen LogP contribution in [0.15, 0.2) is 60.7 Å². The van der Waals surface area contributed by atoms with Gasteiger partial charge in [0.25, 0.3) is 0 Å². The van der Waals surface area contributed by atoms with Crippen LogP contribution in [0.5, 0.6) is 0 Å². The van der Waals surface area contributed by atoms with Crippen LogP contribution in [-0.4, -0.2) is 17.3 Å². The fraction of sp³-hybridized carbons (Fsp3) is 0.286. The fourth-order valence-corrected chi connectivity index (χ4v) is 3.46. The Morgan fingerprint density at radius 3 is 2.12 bits per heavy atom. The van der Waals surface area contributed by atoms with Crippen molar-refractivity contribution in [2.24, 2.45) is 5.92 Å². The number of benzene rings is 2. The van der Waals surface area contributed by atoms with Gasteiger partial charge in [-0.05, 0) is 18.4 Å². The van der Waals surface area contributed by atoms with Gasteiger partial charge in [-0.2, -0.15) is 0 Å². The van der Waals surface area contributed by atoms with Crippen molar-refractivity contribution in [2.45, 2.75) is 31.6 Å². The van der Waals surface area contributed by atoms with Crippen LogP contribution >= 0.6 is 0 Å². The number of hydrogen-bond donors (Lipinski definition) is 0. The molecule has 0 saturated heterocycles. The molecule has 0 radical (unpaired) electrons. The maximum Gasteiger partial charge on any atom is 0.229 e. The van der Waals surface area contributed by atoms with Gasteiger partial charge in [0, 0.05) is 17.9 Å². The molecule has 0 aromatic heterocycles. The van der Waals surface area contributed by atoms with Crippen LogP contribution in [0.1, 0.15) is 47.5 Å². The summed E-state index contributed by atoms with van der Waals surface area (Å²) in [7, 11) is 0. The zero-order chi connectivity index (χ0) is 16.9. The van der Waals surface area contributed by atoms with Gasteiger partial charge in [-0.3, -0.25) is 14.4 Å². The number of hydrogen-bond acceptors (Lipinski definition) is 3. The standard InChI is InChI=1S/C21H20O3/c22-18-14-8-7-13-17(18)19(15-9-3-1-4-10-15)21(24)20(23)16-11-5-2-6-12-16/h1-6,9-12,17,19H,7-8,13-14H2. The summed E-state index contributed by atoms with van der Waals surface area (Å²) >= 11 is 0. The molecule has 2 aromatic rings. The molecule has 0 bridgehead atoms. The van der Waals surface area contributed by atoms with Gasteiger partial charge in [0.05, 0.1) is 5.92 Å². The molecule has 1 saturated carbocycles. The van der Waals surface area contributed by atoms with Crippen LogP contribution in [0.25, 0.3) is 0 Å². The quantitative estimate of drug-likeness (QED) is 0.618. The maximum atomic E-state index is 13.0. The van der Waals surface area contributed by atoms with Crippen molar-refractivity contribution in [1.29, 1.82) is 0 Å². The Balaban J connectivity index is 1.96. The first-order valence-electron chi connectivity index (χ1n) is 8.39. The van der Waals surface area contributed by atoms with Crippen molar-refractivity contribution in [3.63, 3.8) is 0 Å². The highest BCUT2D eigenvalue weighted by Crippen LogP contribution is 2.35. The first-order chi connectivity index (χ1) is 11.7. The molecule has 1 fully saturated rings. The van der Waals surface area contributed by atoms with E-state index in [1.54, 1.807) is 30.3 Å². The smallest absolute Gasteiger partial charge is 0.229 e. The average molecular weight is 320 g/mol. The third kappa shape index (κ3) is 3.35. The van der Waals surface area contributed by atoms with Crippen LogP contribution in [0.2, 0.25) is 0 Å². The van der Waals surface area contributed by atoms with Gasteiger partial charge >= 0.3 is 0 Å². The first kappa shape index (κ1) is 16.3. The normalized spacial score (nSPS) is 18.8. The summed E-state index contributed by atoms with van der Waals surface area (Å²) in [6.45, 7) is 0. The minimum absolute atomic E-state index is 0.101. The summed E-state index contributed by atoms with van der Waals surface area (Å²) in [6, 6.07) is 17.8. The Bertz CT molecular complexity index is 734. The highest BCUT2D eigenvalue weighted by Gasteiger charge is 2.38. The number of ketones is 3. The third-order valence-electron chi connectivity index (χ3n) is 4.71. The lowest BCUT2D eigenvalue weighted by Crippen LogP contribution is -2.34. The van der Waals surface area contributed by atoms with E-state index in [1.807, 2.05) is 30.3 Å². The van der Waals surface area contributed by atoms with E-state index in [9.17, 15) is 14.4 Å². The van der Waals surface area contributed by atoms with E-state index in [2.05, 4.69) is 0 Å². The van der Waals surface area contributed by atoms with Gasteiger partial charge in [0.1, 0.15) is 5.78 Å². The monoisotopic (exact) mass is 320 g/mol. The first-order valence-corrected chi connectivity index (χ1v) is 8.39. The van der Waals surface area contributed by atoms with Crippen molar-refractivity contribution in [3.8, 4) is 0 Å². The molecule has 3 nitrogen and oxygen atoms in total. The van der Waals surface area contributed by atoms with Gasteiger partial charge in [-0.15, -0.1) is 0 Å². The van der Waals surface area contributed by atoms with Crippen molar-refractivity contribution >= 4 is 17.3 Å². The second kappa shape index (κ2) is 7.35. The third-order valence-corrected chi connectivity index (χ3v) is 4.71. The summed E-state index contributed by atoms with van der Waals surface area (Å²) in [6.07, 6.45) is 2.97. The number of carbonyl (C=O) groups is 3. The van der Waals surface area contributed by atoms with Gasteiger partial charge in [-0.1, -0.05) is 67.1 Å². The second-order valence-corrected chi connectivity index (χ2v) is 6.27. The van der Waals surface area contributed by atoms with Gasteiger partial charge in [0.2, 0.25) is 11.6 Å². The van der Waals surface area contributed by atoms with E-state index in [4.69, 9.17) is 0 Å². The molecule has 2 unspecified atom stereocenters. The van der Waals surface area contributed by atoms with Crippen LogP contribution in [-0.2, 0) is 9.59 Å². The molecule has 3 rings (SSSR count). The highest BCUT2D eigenvalue weighted by molar-refractivity contribution is 6.45. The maximum absolute atomic E-state index is 13.0. The summed E-state index contributed by atoms with van der Waals surface area (Å²) < 4.78 is 0. The Labute approximate surface area is 141 Å². The van der Waals surface area contributed by atoms with Crippen LogP contribution in [0.4, 0.5) is 0 Å².